The molecule has 2 nitrogen and oxygen atoms in total. The number of ether oxygens (including phenoxy) is 1. The Balaban J connectivity index is 2.61. The fourth-order valence-electron chi connectivity index (χ4n) is 2.03. The number of hydrogen-bond donors (Lipinski definition) is 1. The highest BCUT2D eigenvalue weighted by Gasteiger charge is 2.15. The minimum atomic E-state index is 0.164. The fraction of sp³-hybridized carbons (Fsp3) is 0.667. The fourth-order valence-corrected chi connectivity index (χ4v) is 2.03. The summed E-state index contributed by atoms with van der Waals surface area (Å²) in [6, 6.07) is 8.49. The molecule has 0 saturated heterocycles. The van der Waals surface area contributed by atoms with E-state index in [1.54, 1.807) is 0 Å². The van der Waals surface area contributed by atoms with E-state index < -0.39 is 0 Å². The molecule has 0 aliphatic carbocycles. The lowest BCUT2D eigenvalue weighted by molar-refractivity contribution is 0.191. The Morgan fingerprint density at radius 1 is 1.15 bits per heavy atom. The van der Waals surface area contributed by atoms with Crippen LogP contribution in [0, 0.1) is 5.92 Å². The maximum Gasteiger partial charge on any atom is 0.120 e. The molecule has 1 unspecified atom stereocenters. The zero-order valence-electron chi connectivity index (χ0n) is 14.0. The van der Waals surface area contributed by atoms with Gasteiger partial charge in [-0.1, -0.05) is 53.7 Å². The molecule has 0 bridgehead atoms. The van der Waals surface area contributed by atoms with Crippen LogP contribution in [-0.2, 0) is 5.41 Å². The van der Waals surface area contributed by atoms with E-state index in [1.807, 2.05) is 0 Å². The molecule has 2 heteroatoms. The molecule has 1 rings (SSSR count). The zero-order chi connectivity index (χ0) is 15.2. The lowest BCUT2D eigenvalue weighted by Crippen LogP contribution is -2.33. The summed E-state index contributed by atoms with van der Waals surface area (Å²) >= 11 is 0. The normalized spacial score (nSPS) is 13.6. The molecule has 1 atom stereocenters. The number of benzene rings is 1. The highest BCUT2D eigenvalue weighted by molar-refractivity contribution is 5.32. The third-order valence-electron chi connectivity index (χ3n) is 3.38. The molecule has 1 aromatic rings. The van der Waals surface area contributed by atoms with Crippen LogP contribution in [0.4, 0.5) is 0 Å². The van der Waals surface area contributed by atoms with E-state index in [1.165, 1.54) is 5.56 Å². The van der Waals surface area contributed by atoms with Gasteiger partial charge < -0.3 is 10.1 Å². The summed E-state index contributed by atoms with van der Waals surface area (Å²) in [4.78, 5) is 0. The largest absolute Gasteiger partial charge is 0.489 e. The van der Waals surface area contributed by atoms with Crippen LogP contribution < -0.4 is 10.1 Å². The maximum atomic E-state index is 6.12. The average molecular weight is 277 g/mol. The van der Waals surface area contributed by atoms with E-state index >= 15 is 0 Å². The zero-order valence-corrected chi connectivity index (χ0v) is 14.0. The first-order valence-corrected chi connectivity index (χ1v) is 7.80. The summed E-state index contributed by atoms with van der Waals surface area (Å²) in [5.41, 5.74) is 1.48. The topological polar surface area (TPSA) is 21.3 Å². The van der Waals surface area contributed by atoms with Crippen molar-refractivity contribution < 1.29 is 4.74 Å². The van der Waals surface area contributed by atoms with Crippen LogP contribution in [0.25, 0.3) is 0 Å². The molecule has 114 valence electrons. The van der Waals surface area contributed by atoms with E-state index in [4.69, 9.17) is 4.74 Å². The Morgan fingerprint density at radius 3 is 2.40 bits per heavy atom. The standard InChI is InChI=1S/C18H31NO/c1-7-16(13-19-12-14(2)3)20-17-10-8-9-15(11-17)18(4,5)6/h8-11,14,16,19H,7,12-13H2,1-6H3. The number of hydrogen-bond acceptors (Lipinski definition) is 2. The second kappa shape index (κ2) is 7.68. The Kier molecular flexibility index (Phi) is 6.54. The molecule has 0 radical (unpaired) electrons. The molecular formula is C18H31NO. The van der Waals surface area contributed by atoms with Gasteiger partial charge >= 0.3 is 0 Å². The molecule has 20 heavy (non-hydrogen) atoms. The summed E-state index contributed by atoms with van der Waals surface area (Å²) in [6.07, 6.45) is 1.26. The summed E-state index contributed by atoms with van der Waals surface area (Å²) in [7, 11) is 0. The third-order valence-corrected chi connectivity index (χ3v) is 3.38. The lowest BCUT2D eigenvalue weighted by atomic mass is 9.87. The van der Waals surface area contributed by atoms with E-state index in [0.29, 0.717) is 5.92 Å². The van der Waals surface area contributed by atoms with Gasteiger partial charge in [-0.3, -0.25) is 0 Å². The van der Waals surface area contributed by atoms with Gasteiger partial charge in [0.15, 0.2) is 0 Å². The molecule has 0 aliphatic rings. The Hall–Kier alpha value is -1.02. The first-order valence-electron chi connectivity index (χ1n) is 7.80. The van der Waals surface area contributed by atoms with E-state index in [2.05, 4.69) is 71.1 Å². The lowest BCUT2D eigenvalue weighted by Gasteiger charge is -2.22. The van der Waals surface area contributed by atoms with Gasteiger partial charge in [-0.2, -0.15) is 0 Å². The van der Waals surface area contributed by atoms with Crippen molar-refractivity contribution in [1.29, 1.82) is 0 Å². The van der Waals surface area contributed by atoms with Gasteiger partial charge in [0.2, 0.25) is 0 Å². The van der Waals surface area contributed by atoms with Crippen LogP contribution in [0.3, 0.4) is 0 Å². The minimum absolute atomic E-state index is 0.164. The molecule has 0 heterocycles. The quantitative estimate of drug-likeness (QED) is 0.798. The van der Waals surface area contributed by atoms with E-state index in [9.17, 15) is 0 Å². The van der Waals surface area contributed by atoms with Gasteiger partial charge in [0.25, 0.3) is 0 Å². The first-order chi connectivity index (χ1) is 9.32. The molecule has 0 aliphatic heterocycles. The van der Waals surface area contributed by atoms with Crippen molar-refractivity contribution in [3.05, 3.63) is 29.8 Å². The van der Waals surface area contributed by atoms with Crippen molar-refractivity contribution in [2.75, 3.05) is 13.1 Å². The third kappa shape index (κ3) is 5.96. The van der Waals surface area contributed by atoms with Gasteiger partial charge in [-0.15, -0.1) is 0 Å². The van der Waals surface area contributed by atoms with Gasteiger partial charge in [-0.05, 0) is 42.0 Å². The Morgan fingerprint density at radius 2 is 1.85 bits per heavy atom. The SMILES string of the molecule is CCC(CNCC(C)C)Oc1cccc(C(C)(C)C)c1. The minimum Gasteiger partial charge on any atom is -0.489 e. The van der Waals surface area contributed by atoms with Crippen LogP contribution in [0.5, 0.6) is 5.75 Å². The highest BCUT2D eigenvalue weighted by Crippen LogP contribution is 2.26. The second-order valence-corrected chi connectivity index (χ2v) is 6.98. The van der Waals surface area contributed by atoms with Crippen molar-refractivity contribution in [3.8, 4) is 5.75 Å². The molecule has 1 N–H and O–H groups in total. The summed E-state index contributed by atoms with van der Waals surface area (Å²) in [5, 5.41) is 3.48. The molecule has 0 fully saturated rings. The van der Waals surface area contributed by atoms with Crippen molar-refractivity contribution in [2.24, 2.45) is 5.92 Å². The molecule has 0 saturated carbocycles. The number of rotatable bonds is 7. The van der Waals surface area contributed by atoms with E-state index in [0.717, 1.165) is 25.3 Å². The van der Waals surface area contributed by atoms with Crippen molar-refractivity contribution in [2.45, 2.75) is 59.5 Å². The number of nitrogens with one attached hydrogen (secondary N) is 1. The Labute approximate surface area is 124 Å². The summed E-state index contributed by atoms with van der Waals surface area (Å²) in [5.74, 6) is 1.66. The van der Waals surface area contributed by atoms with Gasteiger partial charge in [0.1, 0.15) is 11.9 Å². The first kappa shape index (κ1) is 17.0. The van der Waals surface area contributed by atoms with Gasteiger partial charge in [0.05, 0.1) is 0 Å². The van der Waals surface area contributed by atoms with Gasteiger partial charge in [0, 0.05) is 6.54 Å². The van der Waals surface area contributed by atoms with Crippen molar-refractivity contribution >= 4 is 0 Å². The maximum absolute atomic E-state index is 6.12. The molecule has 0 aromatic heterocycles. The smallest absolute Gasteiger partial charge is 0.120 e. The monoisotopic (exact) mass is 277 g/mol. The van der Waals surface area contributed by atoms with Crippen LogP contribution >= 0.6 is 0 Å². The predicted molar refractivity (Wildman–Crippen MR) is 87.6 cm³/mol. The molecule has 1 aromatic carbocycles. The molecule has 0 spiro atoms. The average Bonchev–Trinajstić information content (AvgIpc) is 2.36. The highest BCUT2D eigenvalue weighted by atomic mass is 16.5. The predicted octanol–water partition coefficient (Wildman–Crippen LogP) is 4.39. The second-order valence-electron chi connectivity index (χ2n) is 6.98. The molecule has 0 amide bonds. The van der Waals surface area contributed by atoms with Crippen molar-refractivity contribution in [3.63, 3.8) is 0 Å². The van der Waals surface area contributed by atoms with Crippen LogP contribution in [0.1, 0.15) is 53.5 Å². The Bertz CT molecular complexity index is 393. The molecular weight excluding hydrogens is 246 g/mol. The summed E-state index contributed by atoms with van der Waals surface area (Å²) in [6.45, 7) is 15.3. The van der Waals surface area contributed by atoms with Crippen LogP contribution in [0.2, 0.25) is 0 Å². The van der Waals surface area contributed by atoms with Gasteiger partial charge in [-0.25, -0.2) is 0 Å². The van der Waals surface area contributed by atoms with Crippen LogP contribution in [0.15, 0.2) is 24.3 Å². The van der Waals surface area contributed by atoms with Crippen LogP contribution in [-0.4, -0.2) is 19.2 Å². The van der Waals surface area contributed by atoms with E-state index in [-0.39, 0.29) is 11.5 Å². The van der Waals surface area contributed by atoms with Crippen molar-refractivity contribution in [1.82, 2.24) is 5.32 Å². The summed E-state index contributed by atoms with van der Waals surface area (Å²) < 4.78 is 6.12.